The lowest BCUT2D eigenvalue weighted by molar-refractivity contribution is -0.134. The summed E-state index contributed by atoms with van der Waals surface area (Å²) in [7, 11) is 0. The van der Waals surface area contributed by atoms with Crippen LogP contribution in [0.2, 0.25) is 0 Å². The highest BCUT2D eigenvalue weighted by molar-refractivity contribution is 7.13. The van der Waals surface area contributed by atoms with Crippen LogP contribution in [0.15, 0.2) is 35.7 Å². The summed E-state index contributed by atoms with van der Waals surface area (Å²) in [4.78, 5) is 24.9. The predicted octanol–water partition coefficient (Wildman–Crippen LogP) is 2.36. The fourth-order valence-electron chi connectivity index (χ4n) is 4.41. The van der Waals surface area contributed by atoms with Crippen LogP contribution in [0.4, 0.5) is 5.13 Å². The molecule has 6 nitrogen and oxygen atoms in total. The molecule has 5 rings (SSSR count). The van der Waals surface area contributed by atoms with Crippen molar-refractivity contribution in [2.24, 2.45) is 0 Å². The van der Waals surface area contributed by atoms with Crippen LogP contribution in [-0.4, -0.2) is 73.2 Å². The van der Waals surface area contributed by atoms with Crippen LogP contribution in [0.5, 0.6) is 0 Å². The fourth-order valence-corrected chi connectivity index (χ4v) is 5.28. The van der Waals surface area contributed by atoms with Crippen LogP contribution in [0, 0.1) is 0 Å². The Hall–Kier alpha value is -1.96. The van der Waals surface area contributed by atoms with E-state index in [9.17, 15) is 4.79 Å². The Morgan fingerprint density at radius 2 is 1.76 bits per heavy atom. The molecule has 1 amide bonds. The van der Waals surface area contributed by atoms with E-state index in [1.165, 1.54) is 5.56 Å². The molecule has 2 aliphatic heterocycles. The number of carbonyl (C=O) groups excluding carboxylic acids is 1. The van der Waals surface area contributed by atoms with Gasteiger partial charge in [-0.25, -0.2) is 4.98 Å². The first kappa shape index (κ1) is 19.0. The fraction of sp³-hybridized carbons (Fsp3) is 0.545. The molecule has 1 saturated carbocycles. The van der Waals surface area contributed by atoms with Gasteiger partial charge in [0.1, 0.15) is 0 Å². The average molecular weight is 413 g/mol. The highest BCUT2D eigenvalue weighted by Crippen LogP contribution is 2.49. The van der Waals surface area contributed by atoms with Gasteiger partial charge in [-0.05, 0) is 18.4 Å². The van der Waals surface area contributed by atoms with Crippen molar-refractivity contribution in [2.45, 2.75) is 24.8 Å². The van der Waals surface area contributed by atoms with Gasteiger partial charge in [-0.3, -0.25) is 9.69 Å². The van der Waals surface area contributed by atoms with E-state index in [0.717, 1.165) is 82.7 Å². The molecule has 0 unspecified atom stereocenters. The van der Waals surface area contributed by atoms with Crippen molar-refractivity contribution in [3.05, 3.63) is 47.0 Å². The van der Waals surface area contributed by atoms with Gasteiger partial charge in [0.25, 0.3) is 0 Å². The minimum Gasteiger partial charge on any atom is -0.379 e. The molecule has 2 aromatic rings. The minimum absolute atomic E-state index is 0.254. The van der Waals surface area contributed by atoms with Crippen molar-refractivity contribution in [2.75, 3.05) is 57.4 Å². The van der Waals surface area contributed by atoms with E-state index >= 15 is 0 Å². The summed E-state index contributed by atoms with van der Waals surface area (Å²) in [5.74, 6) is 0.315. The van der Waals surface area contributed by atoms with Crippen molar-refractivity contribution >= 4 is 22.4 Å². The zero-order valence-corrected chi connectivity index (χ0v) is 17.6. The molecule has 3 fully saturated rings. The Bertz CT molecular complexity index is 838. The van der Waals surface area contributed by atoms with Crippen molar-refractivity contribution in [1.29, 1.82) is 0 Å². The summed E-state index contributed by atoms with van der Waals surface area (Å²) in [6.45, 7) is 7.79. The maximum absolute atomic E-state index is 13.2. The van der Waals surface area contributed by atoms with Crippen molar-refractivity contribution in [3.8, 4) is 0 Å². The highest BCUT2D eigenvalue weighted by Gasteiger charge is 2.53. The minimum atomic E-state index is -0.254. The number of anilines is 1. The first-order valence-electron chi connectivity index (χ1n) is 10.6. The van der Waals surface area contributed by atoms with Crippen LogP contribution >= 0.6 is 11.3 Å². The van der Waals surface area contributed by atoms with Gasteiger partial charge in [0.2, 0.25) is 5.91 Å². The van der Waals surface area contributed by atoms with Crippen LogP contribution in [-0.2, 0) is 21.5 Å². The van der Waals surface area contributed by atoms with E-state index in [4.69, 9.17) is 9.72 Å². The van der Waals surface area contributed by atoms with Gasteiger partial charge in [0, 0.05) is 51.2 Å². The number of nitrogens with zero attached hydrogens (tertiary/aromatic N) is 4. The molecule has 0 N–H and O–H groups in total. The monoisotopic (exact) mass is 412 g/mol. The topological polar surface area (TPSA) is 48.9 Å². The van der Waals surface area contributed by atoms with Gasteiger partial charge in [-0.15, -0.1) is 11.3 Å². The zero-order chi connectivity index (χ0) is 19.7. The van der Waals surface area contributed by atoms with Gasteiger partial charge in [-0.1, -0.05) is 30.3 Å². The van der Waals surface area contributed by atoms with Crippen LogP contribution < -0.4 is 4.90 Å². The van der Waals surface area contributed by atoms with Crippen molar-refractivity contribution in [1.82, 2.24) is 14.8 Å². The summed E-state index contributed by atoms with van der Waals surface area (Å²) < 4.78 is 5.42. The van der Waals surface area contributed by atoms with Gasteiger partial charge >= 0.3 is 0 Å². The van der Waals surface area contributed by atoms with Gasteiger partial charge in [0.15, 0.2) is 5.13 Å². The lowest BCUT2D eigenvalue weighted by atomic mass is 9.94. The van der Waals surface area contributed by atoms with Crippen LogP contribution in [0.3, 0.4) is 0 Å². The molecule has 29 heavy (non-hydrogen) atoms. The quantitative estimate of drug-likeness (QED) is 0.755. The largest absolute Gasteiger partial charge is 0.379 e. The highest BCUT2D eigenvalue weighted by atomic mass is 32.1. The Morgan fingerprint density at radius 3 is 2.45 bits per heavy atom. The molecule has 1 aliphatic carbocycles. The lowest BCUT2D eigenvalue weighted by Crippen LogP contribution is -2.51. The third kappa shape index (κ3) is 3.91. The standard InChI is InChI=1S/C22H28N4O2S/c27-20(22(6-7-22)18-4-2-1-3-5-18)25-8-10-26(11-9-25)21-23-19(17-29-21)16-24-12-14-28-15-13-24/h1-5,17H,6-16H2. The molecule has 7 heteroatoms. The first-order chi connectivity index (χ1) is 14.2. The lowest BCUT2D eigenvalue weighted by Gasteiger charge is -2.36. The maximum atomic E-state index is 13.2. The van der Waals surface area contributed by atoms with E-state index in [2.05, 4.69) is 32.2 Å². The van der Waals surface area contributed by atoms with E-state index in [-0.39, 0.29) is 5.41 Å². The maximum Gasteiger partial charge on any atom is 0.233 e. The van der Waals surface area contributed by atoms with Gasteiger partial charge in [0.05, 0.1) is 24.3 Å². The number of thiazole rings is 1. The predicted molar refractivity (Wildman–Crippen MR) is 114 cm³/mol. The SMILES string of the molecule is O=C(N1CCN(c2nc(CN3CCOCC3)cs2)CC1)C1(c2ccccc2)CC1. The van der Waals surface area contributed by atoms with Crippen LogP contribution in [0.1, 0.15) is 24.1 Å². The number of amides is 1. The zero-order valence-electron chi connectivity index (χ0n) is 16.8. The van der Waals surface area contributed by atoms with Gasteiger partial charge < -0.3 is 14.5 Å². The Kier molecular flexibility index (Phi) is 5.28. The van der Waals surface area contributed by atoms with E-state index in [1.54, 1.807) is 11.3 Å². The molecular formula is C22H28N4O2S. The second kappa shape index (κ2) is 8.05. The molecule has 0 bridgehead atoms. The smallest absolute Gasteiger partial charge is 0.233 e. The molecule has 154 valence electrons. The Morgan fingerprint density at radius 1 is 1.03 bits per heavy atom. The number of carbonyl (C=O) groups is 1. The number of morpholine rings is 1. The number of ether oxygens (including phenoxy) is 1. The third-order valence-corrected chi connectivity index (χ3v) is 7.30. The molecule has 3 heterocycles. The summed E-state index contributed by atoms with van der Waals surface area (Å²) in [5, 5.41) is 3.27. The second-order valence-corrected chi connectivity index (χ2v) is 9.07. The summed E-state index contributed by atoms with van der Waals surface area (Å²) in [6.07, 6.45) is 1.96. The number of hydrogen-bond acceptors (Lipinski definition) is 6. The summed E-state index contributed by atoms with van der Waals surface area (Å²) in [5.41, 5.74) is 2.07. The summed E-state index contributed by atoms with van der Waals surface area (Å²) in [6, 6.07) is 10.3. The molecule has 0 atom stereocenters. The van der Waals surface area contributed by atoms with E-state index in [0.29, 0.717) is 5.91 Å². The third-order valence-electron chi connectivity index (χ3n) is 6.35. The van der Waals surface area contributed by atoms with E-state index < -0.39 is 0 Å². The number of hydrogen-bond donors (Lipinski definition) is 0. The molecule has 0 spiro atoms. The first-order valence-corrected chi connectivity index (χ1v) is 11.5. The normalized spacial score (nSPS) is 21.9. The Balaban J connectivity index is 1.17. The number of rotatable bonds is 5. The van der Waals surface area contributed by atoms with Gasteiger partial charge in [-0.2, -0.15) is 0 Å². The number of aromatic nitrogens is 1. The molecular weight excluding hydrogens is 384 g/mol. The molecule has 3 aliphatic rings. The molecule has 1 aromatic carbocycles. The number of piperazine rings is 1. The summed E-state index contributed by atoms with van der Waals surface area (Å²) >= 11 is 1.72. The number of benzene rings is 1. The Labute approximate surface area is 176 Å². The molecule has 0 radical (unpaired) electrons. The molecule has 2 saturated heterocycles. The van der Waals surface area contributed by atoms with Crippen molar-refractivity contribution in [3.63, 3.8) is 0 Å². The average Bonchev–Trinajstić information content (AvgIpc) is 3.47. The van der Waals surface area contributed by atoms with Crippen molar-refractivity contribution < 1.29 is 9.53 Å². The van der Waals surface area contributed by atoms with Crippen LogP contribution in [0.25, 0.3) is 0 Å². The molecule has 1 aromatic heterocycles. The second-order valence-electron chi connectivity index (χ2n) is 8.24. The van der Waals surface area contributed by atoms with E-state index in [1.807, 2.05) is 18.2 Å².